The van der Waals surface area contributed by atoms with Crippen LogP contribution in [0.25, 0.3) is 11.0 Å². The van der Waals surface area contributed by atoms with Crippen molar-refractivity contribution in [3.63, 3.8) is 0 Å². The van der Waals surface area contributed by atoms with Gasteiger partial charge >= 0.3 is 0 Å². The van der Waals surface area contributed by atoms with Gasteiger partial charge in [-0.1, -0.05) is 18.1 Å². The molecule has 2 rings (SSSR count). The molecule has 4 nitrogen and oxygen atoms in total. The van der Waals surface area contributed by atoms with Gasteiger partial charge in [0.15, 0.2) is 0 Å². The zero-order valence-electron chi connectivity index (χ0n) is 8.47. The lowest BCUT2D eigenvalue weighted by molar-refractivity contribution is 0.0954. The predicted octanol–water partition coefficient (Wildman–Crippen LogP) is 0.993. The first-order chi connectivity index (χ1) is 7.81. The highest BCUT2D eigenvalue weighted by Crippen LogP contribution is 2.08. The van der Waals surface area contributed by atoms with Crippen LogP contribution in [0.3, 0.4) is 0 Å². The summed E-state index contributed by atoms with van der Waals surface area (Å²) < 4.78 is 0. The number of nitrogens with one attached hydrogen (secondary N) is 1. The van der Waals surface area contributed by atoms with Crippen molar-refractivity contribution in [2.75, 3.05) is 6.54 Å². The van der Waals surface area contributed by atoms with E-state index in [0.717, 1.165) is 5.52 Å². The van der Waals surface area contributed by atoms with Gasteiger partial charge in [0.1, 0.15) is 5.69 Å². The summed E-state index contributed by atoms with van der Waals surface area (Å²) in [6, 6.07) is 7.36. The van der Waals surface area contributed by atoms with Gasteiger partial charge in [-0.3, -0.25) is 9.78 Å². The summed E-state index contributed by atoms with van der Waals surface area (Å²) in [5.41, 5.74) is 1.72. The minimum absolute atomic E-state index is 0.188. The fourth-order valence-electron chi connectivity index (χ4n) is 1.29. The molecule has 0 aliphatic carbocycles. The molecule has 1 aromatic heterocycles. The molecule has 0 unspecified atom stereocenters. The summed E-state index contributed by atoms with van der Waals surface area (Å²) in [5, 5.41) is 2.54. The van der Waals surface area contributed by atoms with E-state index in [0.29, 0.717) is 5.52 Å². The van der Waals surface area contributed by atoms with Crippen molar-refractivity contribution in [1.82, 2.24) is 15.3 Å². The number of carbonyl (C=O) groups excluding carboxylic acids is 1. The predicted molar refractivity (Wildman–Crippen MR) is 60.7 cm³/mol. The van der Waals surface area contributed by atoms with Crippen molar-refractivity contribution >= 4 is 16.9 Å². The van der Waals surface area contributed by atoms with Gasteiger partial charge < -0.3 is 5.32 Å². The van der Waals surface area contributed by atoms with E-state index in [4.69, 9.17) is 6.42 Å². The molecule has 0 saturated carbocycles. The Bertz CT molecular complexity index is 572. The van der Waals surface area contributed by atoms with Gasteiger partial charge in [0.25, 0.3) is 5.91 Å². The van der Waals surface area contributed by atoms with Crippen molar-refractivity contribution in [2.45, 2.75) is 0 Å². The number of fused-ring (bicyclic) bond motifs is 1. The molecule has 0 aliphatic heterocycles. The third-order valence-electron chi connectivity index (χ3n) is 2.03. The van der Waals surface area contributed by atoms with E-state index in [1.54, 1.807) is 6.07 Å². The second kappa shape index (κ2) is 4.41. The number of carbonyl (C=O) groups is 1. The quantitative estimate of drug-likeness (QED) is 0.754. The van der Waals surface area contributed by atoms with Gasteiger partial charge in [0, 0.05) is 0 Å². The van der Waals surface area contributed by atoms with Crippen LogP contribution in [0.5, 0.6) is 0 Å². The number of nitrogens with zero attached hydrogens (tertiary/aromatic N) is 2. The molecule has 78 valence electrons. The van der Waals surface area contributed by atoms with Gasteiger partial charge in [0.2, 0.25) is 0 Å². The van der Waals surface area contributed by atoms with Crippen LogP contribution in [0.15, 0.2) is 30.5 Å². The summed E-state index contributed by atoms with van der Waals surface area (Å²) in [6.45, 7) is 0.188. The number of terminal acetylenes is 1. The van der Waals surface area contributed by atoms with Crippen LogP contribution in [-0.4, -0.2) is 22.4 Å². The molecule has 16 heavy (non-hydrogen) atoms. The molecule has 0 radical (unpaired) electrons. The molecule has 4 heteroatoms. The molecule has 0 saturated heterocycles. The Morgan fingerprint density at radius 1 is 1.38 bits per heavy atom. The smallest absolute Gasteiger partial charge is 0.272 e. The lowest BCUT2D eigenvalue weighted by Crippen LogP contribution is -2.24. The summed E-state index contributed by atoms with van der Waals surface area (Å²) >= 11 is 0. The molecule has 0 atom stereocenters. The maximum atomic E-state index is 11.5. The Labute approximate surface area is 92.7 Å². The Morgan fingerprint density at radius 3 is 2.88 bits per heavy atom. The SMILES string of the molecule is C#CCNC(=O)c1cnc2ccccc2n1. The van der Waals surface area contributed by atoms with Gasteiger partial charge in [-0.25, -0.2) is 4.98 Å². The lowest BCUT2D eigenvalue weighted by Gasteiger charge is -2.01. The fraction of sp³-hybridized carbons (Fsp3) is 0.0833. The molecule has 0 spiro atoms. The van der Waals surface area contributed by atoms with Crippen LogP contribution in [0.2, 0.25) is 0 Å². The summed E-state index contributed by atoms with van der Waals surface area (Å²) in [4.78, 5) is 19.9. The zero-order valence-corrected chi connectivity index (χ0v) is 8.47. The second-order valence-electron chi connectivity index (χ2n) is 3.13. The van der Waals surface area contributed by atoms with E-state index in [-0.39, 0.29) is 18.1 Å². The third-order valence-corrected chi connectivity index (χ3v) is 2.03. The Morgan fingerprint density at radius 2 is 2.12 bits per heavy atom. The van der Waals surface area contributed by atoms with E-state index in [9.17, 15) is 4.79 Å². The molecule has 1 amide bonds. The van der Waals surface area contributed by atoms with Crippen molar-refractivity contribution in [2.24, 2.45) is 0 Å². The molecule has 0 bridgehead atoms. The Hall–Kier alpha value is -2.41. The van der Waals surface area contributed by atoms with Crippen molar-refractivity contribution < 1.29 is 4.79 Å². The molecule has 1 N–H and O–H groups in total. The third kappa shape index (κ3) is 1.98. The number of hydrogen-bond donors (Lipinski definition) is 1. The van der Waals surface area contributed by atoms with E-state index in [2.05, 4.69) is 21.2 Å². The molecule has 1 heterocycles. The van der Waals surface area contributed by atoms with Crippen LogP contribution in [0, 0.1) is 12.3 Å². The van der Waals surface area contributed by atoms with E-state index >= 15 is 0 Å². The average Bonchev–Trinajstić information content (AvgIpc) is 2.35. The zero-order chi connectivity index (χ0) is 11.4. The minimum atomic E-state index is -0.309. The van der Waals surface area contributed by atoms with Gasteiger partial charge in [-0.2, -0.15) is 0 Å². The lowest BCUT2D eigenvalue weighted by atomic mass is 10.3. The van der Waals surface area contributed by atoms with Gasteiger partial charge in [-0.15, -0.1) is 6.42 Å². The first-order valence-corrected chi connectivity index (χ1v) is 4.74. The van der Waals surface area contributed by atoms with E-state index in [1.807, 2.05) is 18.2 Å². The van der Waals surface area contributed by atoms with E-state index in [1.165, 1.54) is 6.20 Å². The maximum absolute atomic E-state index is 11.5. The van der Waals surface area contributed by atoms with Crippen molar-refractivity contribution in [3.05, 3.63) is 36.2 Å². The standard InChI is InChI=1S/C12H9N3O/c1-2-7-13-12(16)11-8-14-9-5-3-4-6-10(9)15-11/h1,3-6,8H,7H2,(H,13,16). The van der Waals surface area contributed by atoms with Crippen LogP contribution in [0.4, 0.5) is 0 Å². The van der Waals surface area contributed by atoms with Crippen LogP contribution < -0.4 is 5.32 Å². The van der Waals surface area contributed by atoms with Gasteiger partial charge in [-0.05, 0) is 12.1 Å². The first kappa shape index (κ1) is 10.1. The van der Waals surface area contributed by atoms with Crippen molar-refractivity contribution in [1.29, 1.82) is 0 Å². The van der Waals surface area contributed by atoms with Gasteiger partial charge in [0.05, 0.1) is 23.8 Å². The molecule has 0 fully saturated rings. The highest BCUT2D eigenvalue weighted by molar-refractivity contribution is 5.93. The largest absolute Gasteiger partial charge is 0.340 e. The summed E-state index contributed by atoms with van der Waals surface area (Å²) in [7, 11) is 0. The summed E-state index contributed by atoms with van der Waals surface area (Å²) in [5.74, 6) is 2.02. The topological polar surface area (TPSA) is 54.9 Å². The highest BCUT2D eigenvalue weighted by Gasteiger charge is 2.07. The highest BCUT2D eigenvalue weighted by atomic mass is 16.1. The van der Waals surface area contributed by atoms with Crippen LogP contribution >= 0.6 is 0 Å². The Balaban J connectivity index is 2.33. The number of rotatable bonds is 2. The molecular weight excluding hydrogens is 202 g/mol. The average molecular weight is 211 g/mol. The Kier molecular flexibility index (Phi) is 2.79. The molecule has 2 aromatic rings. The number of para-hydroxylation sites is 2. The van der Waals surface area contributed by atoms with Crippen molar-refractivity contribution in [3.8, 4) is 12.3 Å². The van der Waals surface area contributed by atoms with Crippen LogP contribution in [-0.2, 0) is 0 Å². The number of aromatic nitrogens is 2. The number of amides is 1. The minimum Gasteiger partial charge on any atom is -0.340 e. The molecule has 0 aliphatic rings. The first-order valence-electron chi connectivity index (χ1n) is 4.74. The monoisotopic (exact) mass is 211 g/mol. The second-order valence-corrected chi connectivity index (χ2v) is 3.13. The summed E-state index contributed by atoms with van der Waals surface area (Å²) in [6.07, 6.45) is 6.48. The normalized spacial score (nSPS) is 9.69. The van der Waals surface area contributed by atoms with Crippen LogP contribution in [0.1, 0.15) is 10.5 Å². The maximum Gasteiger partial charge on any atom is 0.272 e. The number of benzene rings is 1. The van der Waals surface area contributed by atoms with E-state index < -0.39 is 0 Å². The number of hydrogen-bond acceptors (Lipinski definition) is 3. The fourth-order valence-corrected chi connectivity index (χ4v) is 1.29. The molecular formula is C12H9N3O. The molecule has 1 aromatic carbocycles.